The molecule has 1 heterocycles. The van der Waals surface area contributed by atoms with Gasteiger partial charge in [-0.15, -0.1) is 11.3 Å². The van der Waals surface area contributed by atoms with Crippen molar-refractivity contribution in [3.8, 4) is 0 Å². The molecule has 1 aromatic heterocycles. The van der Waals surface area contributed by atoms with E-state index in [-0.39, 0.29) is 0 Å². The molecular formula is C7H8BrNO2S. The molecule has 0 atom stereocenters. The summed E-state index contributed by atoms with van der Waals surface area (Å²) < 4.78 is 5.46. The summed E-state index contributed by atoms with van der Waals surface area (Å²) in [5, 5.41) is 4.56. The molecule has 66 valence electrons. The highest BCUT2D eigenvalue weighted by Crippen LogP contribution is 2.19. The first-order valence-corrected chi connectivity index (χ1v) is 4.94. The van der Waals surface area contributed by atoms with Crippen molar-refractivity contribution in [3.05, 3.63) is 20.8 Å². The van der Waals surface area contributed by atoms with Crippen LogP contribution in [0.15, 0.2) is 15.9 Å². The molecule has 1 N–H and O–H groups in total. The highest BCUT2D eigenvalue weighted by molar-refractivity contribution is 9.10. The molecule has 0 fully saturated rings. The van der Waals surface area contributed by atoms with Crippen molar-refractivity contribution in [2.45, 2.75) is 6.54 Å². The molecule has 0 aromatic carbocycles. The number of hydrogen-bond acceptors (Lipinski definition) is 3. The van der Waals surface area contributed by atoms with Gasteiger partial charge >= 0.3 is 6.09 Å². The number of rotatable bonds is 2. The second-order valence-electron chi connectivity index (χ2n) is 2.08. The maximum Gasteiger partial charge on any atom is 0.407 e. The first-order chi connectivity index (χ1) is 5.72. The molecule has 0 saturated carbocycles. The number of hydrogen-bond donors (Lipinski definition) is 1. The van der Waals surface area contributed by atoms with Crippen molar-refractivity contribution in [3.63, 3.8) is 0 Å². The molecule has 1 aromatic rings. The van der Waals surface area contributed by atoms with Crippen LogP contribution in [0, 0.1) is 0 Å². The molecule has 1 rings (SSSR count). The Morgan fingerprint density at radius 3 is 3.08 bits per heavy atom. The van der Waals surface area contributed by atoms with Crippen LogP contribution < -0.4 is 5.32 Å². The van der Waals surface area contributed by atoms with Crippen LogP contribution in [0.5, 0.6) is 0 Å². The van der Waals surface area contributed by atoms with Gasteiger partial charge in [-0.3, -0.25) is 0 Å². The third kappa shape index (κ3) is 2.83. The lowest BCUT2D eigenvalue weighted by atomic mass is 10.5. The Morgan fingerprint density at radius 2 is 2.58 bits per heavy atom. The number of ether oxygens (including phenoxy) is 1. The van der Waals surface area contributed by atoms with Gasteiger partial charge in [0.25, 0.3) is 0 Å². The normalized spacial score (nSPS) is 9.50. The third-order valence-corrected chi connectivity index (χ3v) is 2.91. The van der Waals surface area contributed by atoms with Gasteiger partial charge in [0.2, 0.25) is 0 Å². The van der Waals surface area contributed by atoms with Crippen LogP contribution in [0.4, 0.5) is 4.79 Å². The van der Waals surface area contributed by atoms with Gasteiger partial charge in [-0.2, -0.15) is 0 Å². The summed E-state index contributed by atoms with van der Waals surface area (Å²) >= 11 is 4.91. The van der Waals surface area contributed by atoms with Crippen LogP contribution in [0.25, 0.3) is 0 Å². The van der Waals surface area contributed by atoms with Gasteiger partial charge in [0.15, 0.2) is 0 Å². The van der Waals surface area contributed by atoms with E-state index in [0.717, 1.165) is 9.35 Å². The van der Waals surface area contributed by atoms with Gasteiger partial charge in [0.1, 0.15) is 0 Å². The number of methoxy groups -OCH3 is 1. The number of halogens is 1. The van der Waals surface area contributed by atoms with E-state index in [0.29, 0.717) is 6.54 Å². The summed E-state index contributed by atoms with van der Waals surface area (Å²) in [5.74, 6) is 0. The highest BCUT2D eigenvalue weighted by atomic mass is 79.9. The molecule has 0 aliphatic heterocycles. The molecule has 0 bridgehead atoms. The quantitative estimate of drug-likeness (QED) is 0.875. The van der Waals surface area contributed by atoms with Gasteiger partial charge in [-0.1, -0.05) is 0 Å². The summed E-state index contributed by atoms with van der Waals surface area (Å²) in [6, 6.07) is 1.96. The van der Waals surface area contributed by atoms with Crippen LogP contribution >= 0.6 is 27.3 Å². The van der Waals surface area contributed by atoms with Gasteiger partial charge in [-0.05, 0) is 22.0 Å². The van der Waals surface area contributed by atoms with Crippen LogP contribution in [-0.2, 0) is 11.3 Å². The zero-order chi connectivity index (χ0) is 8.97. The fraction of sp³-hybridized carbons (Fsp3) is 0.286. The minimum absolute atomic E-state index is 0.403. The van der Waals surface area contributed by atoms with Crippen molar-refractivity contribution >= 4 is 33.4 Å². The Balaban J connectivity index is 2.38. The van der Waals surface area contributed by atoms with E-state index in [4.69, 9.17) is 0 Å². The molecule has 0 unspecified atom stereocenters. The summed E-state index contributed by atoms with van der Waals surface area (Å²) in [6.07, 6.45) is -0.403. The minimum atomic E-state index is -0.403. The zero-order valence-corrected chi connectivity index (χ0v) is 8.87. The Hall–Kier alpha value is -0.550. The van der Waals surface area contributed by atoms with Crippen LogP contribution in [0.3, 0.4) is 0 Å². The smallest absolute Gasteiger partial charge is 0.407 e. The topological polar surface area (TPSA) is 38.3 Å². The van der Waals surface area contributed by atoms with Crippen molar-refractivity contribution in [1.29, 1.82) is 0 Å². The minimum Gasteiger partial charge on any atom is -0.453 e. The Bertz CT molecular complexity index is 274. The summed E-state index contributed by atoms with van der Waals surface area (Å²) in [5.41, 5.74) is 0. The summed E-state index contributed by atoms with van der Waals surface area (Å²) in [7, 11) is 1.35. The molecule has 3 nitrogen and oxygen atoms in total. The summed E-state index contributed by atoms with van der Waals surface area (Å²) in [6.45, 7) is 0.517. The van der Waals surface area contributed by atoms with Gasteiger partial charge in [-0.25, -0.2) is 4.79 Å². The third-order valence-electron chi connectivity index (χ3n) is 1.21. The molecule has 0 saturated heterocycles. The molecule has 12 heavy (non-hydrogen) atoms. The number of amides is 1. The van der Waals surface area contributed by atoms with Crippen LogP contribution in [0.2, 0.25) is 0 Å². The fourth-order valence-corrected chi connectivity index (χ4v) is 2.07. The predicted octanol–water partition coefficient (Wildman–Crippen LogP) is 2.37. The predicted molar refractivity (Wildman–Crippen MR) is 51.3 cm³/mol. The number of carbonyl (C=O) groups is 1. The van der Waals surface area contributed by atoms with Gasteiger partial charge < -0.3 is 10.1 Å². The fourth-order valence-electron chi connectivity index (χ4n) is 0.678. The largest absolute Gasteiger partial charge is 0.453 e. The number of thiophene rings is 1. The lowest BCUT2D eigenvalue weighted by Gasteiger charge is -1.99. The van der Waals surface area contributed by atoms with Gasteiger partial charge in [0, 0.05) is 14.7 Å². The van der Waals surface area contributed by atoms with E-state index < -0.39 is 6.09 Å². The van der Waals surface area contributed by atoms with E-state index in [1.807, 2.05) is 11.4 Å². The lowest BCUT2D eigenvalue weighted by Crippen LogP contribution is -2.21. The molecule has 1 amide bonds. The van der Waals surface area contributed by atoms with Crippen molar-refractivity contribution < 1.29 is 9.53 Å². The molecule has 0 spiro atoms. The highest BCUT2D eigenvalue weighted by Gasteiger charge is 2.00. The number of carbonyl (C=O) groups excluding carboxylic acids is 1. The Labute approximate surface area is 82.9 Å². The second-order valence-corrected chi connectivity index (χ2v) is 3.99. The second kappa shape index (κ2) is 4.47. The SMILES string of the molecule is COC(=O)NCc1cc(Br)cs1. The van der Waals surface area contributed by atoms with E-state index >= 15 is 0 Å². The molecular weight excluding hydrogens is 242 g/mol. The molecule has 0 aliphatic rings. The van der Waals surface area contributed by atoms with Crippen LogP contribution in [0.1, 0.15) is 4.88 Å². The van der Waals surface area contributed by atoms with E-state index in [1.165, 1.54) is 7.11 Å². The van der Waals surface area contributed by atoms with Gasteiger partial charge in [0.05, 0.1) is 13.7 Å². The maximum atomic E-state index is 10.7. The molecule has 0 radical (unpaired) electrons. The Kier molecular flexibility index (Phi) is 3.55. The summed E-state index contributed by atoms with van der Waals surface area (Å²) in [4.78, 5) is 11.7. The monoisotopic (exact) mass is 249 g/mol. The maximum absolute atomic E-state index is 10.7. The van der Waals surface area contributed by atoms with Crippen molar-refractivity contribution in [2.75, 3.05) is 7.11 Å². The first kappa shape index (κ1) is 9.54. The van der Waals surface area contributed by atoms with Crippen molar-refractivity contribution in [2.24, 2.45) is 0 Å². The molecule has 5 heteroatoms. The van der Waals surface area contributed by atoms with Crippen molar-refractivity contribution in [1.82, 2.24) is 5.32 Å². The molecule has 0 aliphatic carbocycles. The number of nitrogens with one attached hydrogen (secondary N) is 1. The van der Waals surface area contributed by atoms with E-state index in [1.54, 1.807) is 11.3 Å². The van der Waals surface area contributed by atoms with E-state index in [2.05, 4.69) is 26.0 Å². The average molecular weight is 250 g/mol. The average Bonchev–Trinajstić information content (AvgIpc) is 2.47. The zero-order valence-electron chi connectivity index (χ0n) is 6.46. The lowest BCUT2D eigenvalue weighted by molar-refractivity contribution is 0.170. The number of alkyl carbamates (subject to hydrolysis) is 1. The standard InChI is InChI=1S/C7H8BrNO2S/c1-11-7(10)9-3-6-2-5(8)4-12-6/h2,4H,3H2,1H3,(H,9,10). The first-order valence-electron chi connectivity index (χ1n) is 3.27. The Morgan fingerprint density at radius 1 is 1.83 bits per heavy atom. The van der Waals surface area contributed by atoms with Crippen LogP contribution in [-0.4, -0.2) is 13.2 Å². The van der Waals surface area contributed by atoms with E-state index in [9.17, 15) is 4.79 Å².